The van der Waals surface area contributed by atoms with Crippen molar-refractivity contribution < 1.29 is 19.5 Å². The predicted octanol–water partition coefficient (Wildman–Crippen LogP) is 5.36. The first-order chi connectivity index (χ1) is 15.8. The summed E-state index contributed by atoms with van der Waals surface area (Å²) < 4.78 is 0. The van der Waals surface area contributed by atoms with Gasteiger partial charge in [0, 0.05) is 28.5 Å². The second-order valence-corrected chi connectivity index (χ2v) is 9.09. The zero-order valence-corrected chi connectivity index (χ0v) is 19.1. The molecule has 0 radical (unpaired) electrons. The van der Waals surface area contributed by atoms with Gasteiger partial charge in [-0.2, -0.15) is 0 Å². The van der Waals surface area contributed by atoms with E-state index in [1.54, 1.807) is 30.3 Å². The molecule has 3 aromatic rings. The Bertz CT molecular complexity index is 1220. The first kappa shape index (κ1) is 23.0. The molecule has 0 bridgehead atoms. The van der Waals surface area contributed by atoms with Gasteiger partial charge in [-0.25, -0.2) is 4.79 Å². The zero-order chi connectivity index (χ0) is 23.6. The number of ketones is 1. The summed E-state index contributed by atoms with van der Waals surface area (Å²) >= 11 is 12.1. The number of benzene rings is 3. The third kappa shape index (κ3) is 5.44. The fourth-order valence-corrected chi connectivity index (χ4v) is 4.08. The van der Waals surface area contributed by atoms with E-state index in [1.165, 1.54) is 0 Å². The van der Waals surface area contributed by atoms with Crippen LogP contribution < -0.4 is 5.32 Å². The van der Waals surface area contributed by atoms with Gasteiger partial charge in [0.2, 0.25) is 0 Å². The molecule has 3 aromatic carbocycles. The van der Waals surface area contributed by atoms with E-state index in [1.807, 2.05) is 36.4 Å². The lowest BCUT2D eigenvalue weighted by Crippen LogP contribution is -2.43. The van der Waals surface area contributed by atoms with Crippen LogP contribution in [0.25, 0.3) is 11.1 Å². The summed E-state index contributed by atoms with van der Waals surface area (Å²) in [5, 5.41) is 12.8. The summed E-state index contributed by atoms with van der Waals surface area (Å²) in [6.45, 7) is 0. The van der Waals surface area contributed by atoms with Crippen LogP contribution in [0.1, 0.15) is 34.3 Å². The molecule has 7 heteroatoms. The van der Waals surface area contributed by atoms with E-state index >= 15 is 0 Å². The maximum atomic E-state index is 12.5. The molecule has 1 aliphatic rings. The van der Waals surface area contributed by atoms with Crippen LogP contribution in [0.3, 0.4) is 0 Å². The summed E-state index contributed by atoms with van der Waals surface area (Å²) in [6.07, 6.45) is 1.44. The number of hydrogen-bond acceptors (Lipinski definition) is 3. The highest BCUT2D eigenvalue weighted by atomic mass is 35.5. The van der Waals surface area contributed by atoms with E-state index in [0.717, 1.165) is 22.3 Å². The van der Waals surface area contributed by atoms with E-state index in [2.05, 4.69) is 5.32 Å². The summed E-state index contributed by atoms with van der Waals surface area (Å²) in [4.78, 5) is 36.1. The third-order valence-corrected chi connectivity index (χ3v) is 6.34. The number of carbonyl (C=O) groups is 3. The fraction of sp³-hybridized carbons (Fsp3) is 0.192. The van der Waals surface area contributed by atoms with Gasteiger partial charge >= 0.3 is 5.97 Å². The minimum Gasteiger partial charge on any atom is -0.480 e. The van der Waals surface area contributed by atoms with Gasteiger partial charge in [-0.3, -0.25) is 9.59 Å². The number of aliphatic carboxylic acids is 1. The number of halogens is 2. The van der Waals surface area contributed by atoms with Crippen molar-refractivity contribution in [2.45, 2.75) is 31.2 Å². The van der Waals surface area contributed by atoms with Crippen LogP contribution in [0, 0.1) is 0 Å². The summed E-state index contributed by atoms with van der Waals surface area (Å²) in [5.41, 5.74) is 2.81. The van der Waals surface area contributed by atoms with E-state index in [9.17, 15) is 19.5 Å². The molecule has 1 fully saturated rings. The Morgan fingerprint density at radius 2 is 1.45 bits per heavy atom. The fourth-order valence-electron chi connectivity index (χ4n) is 3.60. The molecule has 0 aromatic heterocycles. The molecule has 168 valence electrons. The number of nitrogens with one attached hydrogen (secondary N) is 1. The Kier molecular flexibility index (Phi) is 6.54. The van der Waals surface area contributed by atoms with Gasteiger partial charge in [-0.1, -0.05) is 65.7 Å². The Labute approximate surface area is 201 Å². The highest BCUT2D eigenvalue weighted by Crippen LogP contribution is 2.35. The highest BCUT2D eigenvalue weighted by Gasteiger charge is 2.51. The van der Waals surface area contributed by atoms with Crippen molar-refractivity contribution in [2.75, 3.05) is 0 Å². The van der Waals surface area contributed by atoms with Gasteiger partial charge in [0.25, 0.3) is 5.91 Å². The van der Waals surface area contributed by atoms with Gasteiger partial charge in [0.1, 0.15) is 11.3 Å². The molecule has 0 saturated heterocycles. The number of amides is 1. The van der Waals surface area contributed by atoms with Crippen LogP contribution in [-0.4, -0.2) is 28.3 Å². The van der Waals surface area contributed by atoms with Crippen LogP contribution in [0.5, 0.6) is 0 Å². The molecule has 0 spiro atoms. The normalized spacial score (nSPS) is 13.9. The van der Waals surface area contributed by atoms with Gasteiger partial charge in [0.15, 0.2) is 0 Å². The Balaban J connectivity index is 1.37. The number of Topliss-reactive ketones (excluding diaryl/α,β-unsaturated/α-hetero) is 1. The van der Waals surface area contributed by atoms with E-state index in [4.69, 9.17) is 23.2 Å². The lowest BCUT2D eigenvalue weighted by Gasteiger charge is -2.12. The summed E-state index contributed by atoms with van der Waals surface area (Å²) in [7, 11) is 0. The second-order valence-electron chi connectivity index (χ2n) is 8.24. The number of hydrogen-bond donors (Lipinski definition) is 2. The van der Waals surface area contributed by atoms with Crippen molar-refractivity contribution in [3.8, 4) is 11.1 Å². The zero-order valence-electron chi connectivity index (χ0n) is 17.6. The van der Waals surface area contributed by atoms with Gasteiger partial charge in [0.05, 0.1) is 0 Å². The van der Waals surface area contributed by atoms with Crippen LogP contribution in [-0.2, 0) is 22.4 Å². The monoisotopic (exact) mass is 481 g/mol. The average Bonchev–Trinajstić information content (AvgIpc) is 3.57. The molecular weight excluding hydrogens is 461 g/mol. The minimum absolute atomic E-state index is 0.0529. The van der Waals surface area contributed by atoms with Crippen molar-refractivity contribution in [2.24, 2.45) is 0 Å². The Morgan fingerprint density at radius 3 is 2.00 bits per heavy atom. The maximum absolute atomic E-state index is 12.5. The van der Waals surface area contributed by atoms with Gasteiger partial charge in [-0.15, -0.1) is 0 Å². The molecule has 5 nitrogen and oxygen atoms in total. The first-order valence-electron chi connectivity index (χ1n) is 10.5. The number of carboxylic acids is 1. The lowest BCUT2D eigenvalue weighted by molar-refractivity contribution is -0.140. The standard InChI is InChI=1S/C26H21Cl2NO4/c27-21-10-9-20(23(28)15-21)14-22(30)13-16-1-3-17(4-2-16)18-5-7-19(8-6-18)24(31)29-26(11-12-26)25(32)33/h1-10,15H,11-14H2,(H,29,31)(H,32,33). The van der Waals surface area contributed by atoms with Gasteiger partial charge in [-0.05, 0) is 59.4 Å². The molecule has 33 heavy (non-hydrogen) atoms. The number of carboxylic acid groups (broad SMARTS) is 1. The van der Waals surface area contributed by atoms with Crippen molar-refractivity contribution in [3.05, 3.63) is 93.5 Å². The SMILES string of the molecule is O=C(Cc1ccc(-c2ccc(C(=O)NC3(C(=O)O)CC3)cc2)cc1)Cc1ccc(Cl)cc1Cl. The van der Waals surface area contributed by atoms with E-state index in [0.29, 0.717) is 34.9 Å². The average molecular weight is 482 g/mol. The first-order valence-corrected chi connectivity index (χ1v) is 11.2. The van der Waals surface area contributed by atoms with Crippen molar-refractivity contribution >= 4 is 40.9 Å². The summed E-state index contributed by atoms with van der Waals surface area (Å²) in [6, 6.07) is 19.8. The third-order valence-electron chi connectivity index (χ3n) is 5.75. The molecule has 1 amide bonds. The number of carbonyl (C=O) groups excluding carboxylic acids is 2. The van der Waals surface area contributed by atoms with Crippen LogP contribution in [0.2, 0.25) is 10.0 Å². The topological polar surface area (TPSA) is 83.5 Å². The van der Waals surface area contributed by atoms with Crippen molar-refractivity contribution in [3.63, 3.8) is 0 Å². The van der Waals surface area contributed by atoms with Crippen molar-refractivity contribution in [1.82, 2.24) is 5.32 Å². The quantitative estimate of drug-likeness (QED) is 0.453. The predicted molar refractivity (Wildman–Crippen MR) is 128 cm³/mol. The minimum atomic E-state index is -1.11. The molecule has 0 aliphatic heterocycles. The smallest absolute Gasteiger partial charge is 0.329 e. The van der Waals surface area contributed by atoms with Gasteiger partial charge < -0.3 is 10.4 Å². The maximum Gasteiger partial charge on any atom is 0.329 e. The van der Waals surface area contributed by atoms with Crippen molar-refractivity contribution in [1.29, 1.82) is 0 Å². The highest BCUT2D eigenvalue weighted by molar-refractivity contribution is 6.35. The van der Waals surface area contributed by atoms with Crippen LogP contribution >= 0.6 is 23.2 Å². The second kappa shape index (κ2) is 9.38. The number of rotatable bonds is 8. The molecule has 0 unspecified atom stereocenters. The molecule has 0 atom stereocenters. The van der Waals surface area contributed by atoms with E-state index in [-0.39, 0.29) is 12.2 Å². The molecule has 4 rings (SSSR count). The molecule has 1 aliphatic carbocycles. The molecule has 2 N–H and O–H groups in total. The lowest BCUT2D eigenvalue weighted by atomic mass is 9.99. The van der Waals surface area contributed by atoms with E-state index < -0.39 is 17.4 Å². The molecular formula is C26H21Cl2NO4. The van der Waals surface area contributed by atoms with Crippen LogP contribution in [0.4, 0.5) is 0 Å². The van der Waals surface area contributed by atoms with Crippen LogP contribution in [0.15, 0.2) is 66.7 Å². The Morgan fingerprint density at radius 1 is 0.848 bits per heavy atom. The summed E-state index contributed by atoms with van der Waals surface area (Å²) in [5.74, 6) is -1.34. The molecule has 1 saturated carbocycles. The Hall–Kier alpha value is -3.15. The molecule has 0 heterocycles. The largest absolute Gasteiger partial charge is 0.480 e.